The standard InChI is InChI=1S/C58H36NOP/c60-61(42-28-26-39-24-22-37-12-4-6-16-45(37)51(39)32-42,43-29-27-40-25-23-38-13-5-7-17-46(38)52(40)33-43)44-30-31-49-53(34-44)47-18-8-9-19-48(47)54-35-56-50-20-10-11-21-57(50)59(58(56)36-55(49)54)41-14-2-1-3-15-41/h1-36H. The Labute approximate surface area is 351 Å². The van der Waals surface area contributed by atoms with E-state index in [4.69, 9.17) is 0 Å². The van der Waals surface area contributed by atoms with E-state index >= 15 is 4.57 Å². The first kappa shape index (κ1) is 34.4. The summed E-state index contributed by atoms with van der Waals surface area (Å²) >= 11 is 0. The van der Waals surface area contributed by atoms with Crippen LogP contribution in [-0.4, -0.2) is 4.57 Å². The Balaban J connectivity index is 1.13. The second-order valence-corrected chi connectivity index (χ2v) is 19.1. The lowest BCUT2D eigenvalue weighted by Crippen LogP contribution is -2.25. The van der Waals surface area contributed by atoms with Crippen molar-refractivity contribution < 1.29 is 4.57 Å². The Hall–Kier alpha value is -7.51. The number of nitrogens with zero attached hydrogens (tertiary/aromatic N) is 1. The fraction of sp³-hybridized carbons (Fsp3) is 0. The molecule has 13 aromatic rings. The molecule has 0 aliphatic rings. The molecule has 12 aromatic carbocycles. The first-order valence-corrected chi connectivity index (χ1v) is 22.6. The maximum atomic E-state index is 16.9. The zero-order chi connectivity index (χ0) is 40.2. The van der Waals surface area contributed by atoms with Gasteiger partial charge >= 0.3 is 0 Å². The van der Waals surface area contributed by atoms with Crippen LogP contribution in [-0.2, 0) is 4.57 Å². The average molecular weight is 794 g/mol. The molecule has 0 saturated heterocycles. The summed E-state index contributed by atoms with van der Waals surface area (Å²) in [7, 11) is -3.49. The average Bonchev–Trinajstić information content (AvgIpc) is 3.66. The van der Waals surface area contributed by atoms with Crippen LogP contribution in [0.15, 0.2) is 218 Å². The van der Waals surface area contributed by atoms with E-state index in [1.54, 1.807) is 0 Å². The van der Waals surface area contributed by atoms with Gasteiger partial charge in [-0.3, -0.25) is 0 Å². The monoisotopic (exact) mass is 793 g/mol. The van der Waals surface area contributed by atoms with E-state index in [9.17, 15) is 0 Å². The quantitative estimate of drug-likeness (QED) is 0.128. The predicted octanol–water partition coefficient (Wildman–Crippen LogP) is 14.5. The fourth-order valence-corrected chi connectivity index (χ4v) is 13.0. The molecule has 1 heterocycles. The lowest BCUT2D eigenvalue weighted by Gasteiger charge is -2.23. The van der Waals surface area contributed by atoms with E-state index < -0.39 is 7.14 Å². The van der Waals surface area contributed by atoms with E-state index in [1.165, 1.54) is 43.2 Å². The van der Waals surface area contributed by atoms with Gasteiger partial charge < -0.3 is 9.13 Å². The van der Waals surface area contributed by atoms with Crippen molar-refractivity contribution in [3.63, 3.8) is 0 Å². The summed E-state index contributed by atoms with van der Waals surface area (Å²) in [6.45, 7) is 0. The largest absolute Gasteiger partial charge is 0.309 e. The molecule has 0 fully saturated rings. The first-order chi connectivity index (χ1) is 30.1. The molecule has 0 saturated carbocycles. The second kappa shape index (κ2) is 13.0. The number of benzene rings is 12. The van der Waals surface area contributed by atoms with Gasteiger partial charge in [0, 0.05) is 32.4 Å². The van der Waals surface area contributed by atoms with Crippen molar-refractivity contribution >= 4 is 120 Å². The minimum Gasteiger partial charge on any atom is -0.309 e. The molecule has 0 aliphatic carbocycles. The van der Waals surface area contributed by atoms with Crippen molar-refractivity contribution in [3.05, 3.63) is 218 Å². The van der Waals surface area contributed by atoms with E-state index in [-0.39, 0.29) is 0 Å². The lowest BCUT2D eigenvalue weighted by molar-refractivity contribution is 0.592. The van der Waals surface area contributed by atoms with Gasteiger partial charge in [-0.2, -0.15) is 0 Å². The number of fused-ring (bicyclic) bond motifs is 15. The molecule has 0 aliphatic heterocycles. The number of aromatic nitrogens is 1. The van der Waals surface area contributed by atoms with Gasteiger partial charge in [0.1, 0.15) is 0 Å². The summed E-state index contributed by atoms with van der Waals surface area (Å²) in [6.07, 6.45) is 0. The number of hydrogen-bond donors (Lipinski definition) is 0. The summed E-state index contributed by atoms with van der Waals surface area (Å²) < 4.78 is 19.3. The molecule has 0 amide bonds. The maximum Gasteiger partial charge on any atom is 0.171 e. The van der Waals surface area contributed by atoms with Gasteiger partial charge in [0.25, 0.3) is 0 Å². The minimum absolute atomic E-state index is 0.822. The van der Waals surface area contributed by atoms with Gasteiger partial charge in [-0.1, -0.05) is 170 Å². The molecular formula is C58H36NOP. The van der Waals surface area contributed by atoms with Crippen molar-refractivity contribution in [2.24, 2.45) is 0 Å². The molecule has 2 nitrogen and oxygen atoms in total. The first-order valence-electron chi connectivity index (χ1n) is 20.9. The lowest BCUT2D eigenvalue weighted by atomic mass is 9.93. The van der Waals surface area contributed by atoms with E-state index in [2.05, 4.69) is 223 Å². The van der Waals surface area contributed by atoms with Gasteiger partial charge in [0.05, 0.1) is 11.0 Å². The molecule has 13 rings (SSSR count). The van der Waals surface area contributed by atoms with Crippen molar-refractivity contribution in [1.82, 2.24) is 4.57 Å². The van der Waals surface area contributed by atoms with E-state index in [0.29, 0.717) is 0 Å². The van der Waals surface area contributed by atoms with Crippen molar-refractivity contribution in [2.75, 3.05) is 0 Å². The molecule has 61 heavy (non-hydrogen) atoms. The number of rotatable bonds is 4. The molecule has 3 heteroatoms. The molecule has 0 spiro atoms. The molecule has 284 valence electrons. The zero-order valence-electron chi connectivity index (χ0n) is 33.1. The highest BCUT2D eigenvalue weighted by atomic mass is 31.2. The molecule has 0 atom stereocenters. The second-order valence-electron chi connectivity index (χ2n) is 16.4. The summed E-state index contributed by atoms with van der Waals surface area (Å²) in [6, 6.07) is 78.2. The Morgan fingerprint density at radius 2 is 0.672 bits per heavy atom. The smallest absolute Gasteiger partial charge is 0.171 e. The van der Waals surface area contributed by atoms with Crippen LogP contribution in [0.2, 0.25) is 0 Å². The van der Waals surface area contributed by atoms with Gasteiger partial charge in [0.2, 0.25) is 0 Å². The normalized spacial score (nSPS) is 12.3. The fourth-order valence-electron chi connectivity index (χ4n) is 10.3. The molecule has 1 aromatic heterocycles. The summed E-state index contributed by atoms with van der Waals surface area (Å²) in [5.41, 5.74) is 3.48. The molecule has 0 N–H and O–H groups in total. The van der Waals surface area contributed by atoms with Crippen LogP contribution in [0, 0.1) is 0 Å². The SMILES string of the molecule is O=P(c1ccc2ccc3ccccc3c2c1)(c1ccc2ccc3ccccc3c2c1)c1ccc2c(c1)c1ccccc1c1cc3c4ccccc4n(-c4ccccc4)c3cc21. The Morgan fingerprint density at radius 3 is 1.28 bits per heavy atom. The van der Waals surface area contributed by atoms with Gasteiger partial charge in [-0.05, 0) is 124 Å². The van der Waals surface area contributed by atoms with Crippen molar-refractivity contribution in [3.8, 4) is 5.69 Å². The Morgan fingerprint density at radius 1 is 0.262 bits per heavy atom. The predicted molar refractivity (Wildman–Crippen MR) is 263 cm³/mol. The third-order valence-electron chi connectivity index (χ3n) is 13.2. The topological polar surface area (TPSA) is 22.0 Å². The highest BCUT2D eigenvalue weighted by Gasteiger charge is 2.31. The third-order valence-corrected chi connectivity index (χ3v) is 16.2. The molecular weight excluding hydrogens is 758 g/mol. The minimum atomic E-state index is -3.49. The molecule has 0 unspecified atom stereocenters. The Kier molecular flexibility index (Phi) is 7.32. The van der Waals surface area contributed by atoms with Crippen LogP contribution < -0.4 is 15.9 Å². The highest BCUT2D eigenvalue weighted by molar-refractivity contribution is 7.85. The van der Waals surface area contributed by atoms with Crippen LogP contribution in [0.4, 0.5) is 0 Å². The zero-order valence-corrected chi connectivity index (χ0v) is 34.0. The summed E-state index contributed by atoms with van der Waals surface area (Å²) in [5.74, 6) is 0. The van der Waals surface area contributed by atoms with E-state index in [0.717, 1.165) is 75.6 Å². The van der Waals surface area contributed by atoms with Crippen LogP contribution in [0.25, 0.3) is 103 Å². The summed E-state index contributed by atoms with van der Waals surface area (Å²) in [5, 5.41) is 21.0. The van der Waals surface area contributed by atoms with Crippen LogP contribution in [0.3, 0.4) is 0 Å². The highest BCUT2D eigenvalue weighted by Crippen LogP contribution is 2.47. The maximum absolute atomic E-state index is 16.9. The summed E-state index contributed by atoms with van der Waals surface area (Å²) in [4.78, 5) is 0. The van der Waals surface area contributed by atoms with Crippen molar-refractivity contribution in [1.29, 1.82) is 0 Å². The van der Waals surface area contributed by atoms with Crippen LogP contribution in [0.1, 0.15) is 0 Å². The van der Waals surface area contributed by atoms with Gasteiger partial charge in [-0.15, -0.1) is 0 Å². The third kappa shape index (κ3) is 5.01. The number of hydrogen-bond acceptors (Lipinski definition) is 1. The van der Waals surface area contributed by atoms with Gasteiger partial charge in [-0.25, -0.2) is 0 Å². The number of para-hydroxylation sites is 2. The van der Waals surface area contributed by atoms with Gasteiger partial charge in [0.15, 0.2) is 7.14 Å². The van der Waals surface area contributed by atoms with Crippen LogP contribution >= 0.6 is 7.14 Å². The van der Waals surface area contributed by atoms with Crippen molar-refractivity contribution in [2.45, 2.75) is 0 Å². The molecule has 0 radical (unpaired) electrons. The Bertz CT molecular complexity index is 3910. The van der Waals surface area contributed by atoms with E-state index in [1.807, 2.05) is 0 Å². The van der Waals surface area contributed by atoms with Crippen LogP contribution in [0.5, 0.6) is 0 Å². The molecule has 0 bridgehead atoms.